The second kappa shape index (κ2) is 4.70. The lowest BCUT2D eigenvalue weighted by molar-refractivity contribution is 0.00673. The summed E-state index contributed by atoms with van der Waals surface area (Å²) in [5.41, 5.74) is -3.21. The van der Waals surface area contributed by atoms with Crippen LogP contribution in [0.15, 0.2) is 36.5 Å². The van der Waals surface area contributed by atoms with Gasteiger partial charge in [-0.3, -0.25) is 0 Å². The Balaban J connectivity index is 2.63. The van der Waals surface area contributed by atoms with Crippen molar-refractivity contribution in [1.82, 2.24) is 0 Å². The Bertz CT molecular complexity index is 641. The van der Waals surface area contributed by atoms with E-state index in [1.807, 2.05) is 49.4 Å². The highest BCUT2D eigenvalue weighted by molar-refractivity contribution is 5.49. The molecule has 0 amide bonds. The van der Waals surface area contributed by atoms with E-state index in [0.717, 1.165) is 0 Å². The third-order valence-electron chi connectivity index (χ3n) is 4.18. The maximum Gasteiger partial charge on any atom is 0.182 e. The lowest BCUT2D eigenvalue weighted by Gasteiger charge is -2.53. The number of hydrogen-bond donors (Lipinski definition) is 0. The molecule has 1 fully saturated rings. The number of rotatable bonds is 0. The predicted molar refractivity (Wildman–Crippen MR) is 70.9 cm³/mol. The van der Waals surface area contributed by atoms with Gasteiger partial charge in [-0.2, -0.15) is 21.0 Å². The molecule has 0 aromatic carbocycles. The van der Waals surface area contributed by atoms with E-state index in [9.17, 15) is 21.0 Å². The van der Waals surface area contributed by atoms with Crippen LogP contribution < -0.4 is 0 Å². The summed E-state index contributed by atoms with van der Waals surface area (Å²) in [5.74, 6) is -0.703. The summed E-state index contributed by atoms with van der Waals surface area (Å²) in [6.07, 6.45) is 11.1. The Morgan fingerprint density at radius 2 is 1.15 bits per heavy atom. The van der Waals surface area contributed by atoms with Crippen LogP contribution in [0.1, 0.15) is 6.92 Å². The first kappa shape index (κ1) is 13.6. The van der Waals surface area contributed by atoms with Crippen LogP contribution in [0.4, 0.5) is 0 Å². The molecule has 0 bridgehead atoms. The zero-order chi connectivity index (χ0) is 14.8. The third kappa shape index (κ3) is 1.43. The van der Waals surface area contributed by atoms with Crippen LogP contribution in [0, 0.1) is 73.9 Å². The van der Waals surface area contributed by atoms with Crippen LogP contribution >= 0.6 is 0 Å². The van der Waals surface area contributed by atoms with Gasteiger partial charge in [-0.15, -0.1) is 0 Å². The molecule has 2 rings (SSSR count). The van der Waals surface area contributed by atoms with Crippen molar-refractivity contribution in [3.05, 3.63) is 36.5 Å². The second-order valence-corrected chi connectivity index (χ2v) is 5.13. The van der Waals surface area contributed by atoms with Crippen LogP contribution in [-0.4, -0.2) is 0 Å². The summed E-state index contributed by atoms with van der Waals surface area (Å²) in [4.78, 5) is 0. The number of nitrogens with zero attached hydrogens (tertiary/aromatic N) is 4. The molecule has 0 unspecified atom stereocenters. The van der Waals surface area contributed by atoms with Crippen molar-refractivity contribution in [3.8, 4) is 24.3 Å². The van der Waals surface area contributed by atoms with Gasteiger partial charge in [-0.1, -0.05) is 43.4 Å². The molecule has 0 heterocycles. The summed E-state index contributed by atoms with van der Waals surface area (Å²) in [6.45, 7) is 1.99. The monoisotopic (exact) mass is 260 g/mol. The van der Waals surface area contributed by atoms with Crippen molar-refractivity contribution in [2.45, 2.75) is 6.92 Å². The predicted octanol–water partition coefficient (Wildman–Crippen LogP) is 2.62. The average Bonchev–Trinajstić information content (AvgIpc) is 2.54. The Kier molecular flexibility index (Phi) is 3.19. The molecule has 0 aromatic heterocycles. The summed E-state index contributed by atoms with van der Waals surface area (Å²) in [7, 11) is 0. The van der Waals surface area contributed by atoms with E-state index in [-0.39, 0.29) is 5.92 Å². The quantitative estimate of drug-likeness (QED) is 0.625. The highest BCUT2D eigenvalue weighted by atomic mass is 14.7. The highest BCUT2D eigenvalue weighted by Gasteiger charge is 2.74. The van der Waals surface area contributed by atoms with E-state index in [1.54, 1.807) is 18.2 Å². The molecule has 2 aliphatic carbocycles. The Morgan fingerprint density at radius 1 is 0.700 bits per heavy atom. The SMILES string of the molecule is C[C@@H]1C=C[C@H]2[C@@H](/C=C\C=C/1)C(C#N)(C#N)C2(C#N)C#N. The Labute approximate surface area is 118 Å². The van der Waals surface area contributed by atoms with Gasteiger partial charge in [0.15, 0.2) is 10.8 Å². The first-order chi connectivity index (χ1) is 9.61. The molecule has 0 aromatic rings. The van der Waals surface area contributed by atoms with Crippen molar-refractivity contribution < 1.29 is 0 Å². The van der Waals surface area contributed by atoms with Crippen LogP contribution in [0.3, 0.4) is 0 Å². The van der Waals surface area contributed by atoms with E-state index in [4.69, 9.17) is 0 Å². The minimum atomic E-state index is -1.61. The van der Waals surface area contributed by atoms with Crippen molar-refractivity contribution >= 4 is 0 Å². The molecular formula is C16H12N4. The number of hydrogen-bond acceptors (Lipinski definition) is 4. The number of allylic oxidation sites excluding steroid dienone is 6. The average molecular weight is 260 g/mol. The van der Waals surface area contributed by atoms with Crippen LogP contribution in [0.5, 0.6) is 0 Å². The number of nitriles is 4. The Hall–Kier alpha value is -2.82. The zero-order valence-electron chi connectivity index (χ0n) is 11.0. The lowest BCUT2D eigenvalue weighted by atomic mass is 9.39. The van der Waals surface area contributed by atoms with Crippen molar-refractivity contribution in [2.75, 3.05) is 0 Å². The molecule has 0 spiro atoms. The van der Waals surface area contributed by atoms with E-state index in [2.05, 4.69) is 0 Å². The zero-order valence-corrected chi connectivity index (χ0v) is 11.0. The van der Waals surface area contributed by atoms with Gasteiger partial charge in [0.2, 0.25) is 0 Å². The molecular weight excluding hydrogens is 248 g/mol. The molecule has 2 aliphatic rings. The number of fused-ring (bicyclic) bond motifs is 1. The molecule has 4 heteroatoms. The van der Waals surface area contributed by atoms with Crippen molar-refractivity contribution in [3.63, 3.8) is 0 Å². The molecule has 3 atom stereocenters. The highest BCUT2D eigenvalue weighted by Crippen LogP contribution is 2.65. The fraction of sp³-hybridized carbons (Fsp3) is 0.375. The second-order valence-electron chi connectivity index (χ2n) is 5.13. The fourth-order valence-electron chi connectivity index (χ4n) is 2.98. The summed E-state index contributed by atoms with van der Waals surface area (Å²) in [6, 6.07) is 7.70. The normalized spacial score (nSPS) is 35.0. The van der Waals surface area contributed by atoms with E-state index >= 15 is 0 Å². The van der Waals surface area contributed by atoms with Crippen LogP contribution in [0.25, 0.3) is 0 Å². The first-order valence-electron chi connectivity index (χ1n) is 6.30. The van der Waals surface area contributed by atoms with Gasteiger partial charge in [-0.05, 0) is 5.92 Å². The smallest absolute Gasteiger partial charge is 0.182 e. The minimum Gasteiger partial charge on any atom is -0.196 e. The van der Waals surface area contributed by atoms with E-state index in [1.165, 1.54) is 0 Å². The van der Waals surface area contributed by atoms with Gasteiger partial charge < -0.3 is 0 Å². The lowest BCUT2D eigenvalue weighted by Crippen LogP contribution is -2.62. The maximum absolute atomic E-state index is 9.42. The van der Waals surface area contributed by atoms with Gasteiger partial charge in [0.1, 0.15) is 0 Å². The molecule has 20 heavy (non-hydrogen) atoms. The summed E-state index contributed by atoms with van der Waals surface area (Å²) < 4.78 is 0. The minimum absolute atomic E-state index is 0.174. The van der Waals surface area contributed by atoms with Crippen molar-refractivity contribution in [2.24, 2.45) is 28.6 Å². The van der Waals surface area contributed by atoms with E-state index in [0.29, 0.717) is 0 Å². The summed E-state index contributed by atoms with van der Waals surface area (Å²) >= 11 is 0. The molecule has 4 nitrogen and oxygen atoms in total. The van der Waals surface area contributed by atoms with Gasteiger partial charge in [0, 0.05) is 11.8 Å². The van der Waals surface area contributed by atoms with Crippen molar-refractivity contribution in [1.29, 1.82) is 21.0 Å². The molecule has 0 radical (unpaired) electrons. The van der Waals surface area contributed by atoms with Crippen LogP contribution in [-0.2, 0) is 0 Å². The standard InChI is InChI=1S/C16H12N4/c1-12-4-2-3-5-13-14(7-6-12)16(10-19,11-20)15(13,8-17)9-18/h2-7,12-14H,1H3/b4-2-,5-3-,7-6?/t12-,13+,14-/m0/s1. The van der Waals surface area contributed by atoms with E-state index < -0.39 is 22.7 Å². The first-order valence-corrected chi connectivity index (χ1v) is 6.30. The topological polar surface area (TPSA) is 95.2 Å². The molecule has 96 valence electrons. The molecule has 0 N–H and O–H groups in total. The van der Waals surface area contributed by atoms with Gasteiger partial charge in [0.25, 0.3) is 0 Å². The van der Waals surface area contributed by atoms with Gasteiger partial charge >= 0.3 is 0 Å². The molecule has 0 saturated heterocycles. The maximum atomic E-state index is 9.42. The van der Waals surface area contributed by atoms with Crippen LogP contribution in [0.2, 0.25) is 0 Å². The van der Waals surface area contributed by atoms with Gasteiger partial charge in [0.05, 0.1) is 24.3 Å². The summed E-state index contributed by atoms with van der Waals surface area (Å²) in [5, 5.41) is 37.7. The fourth-order valence-corrected chi connectivity index (χ4v) is 2.98. The Morgan fingerprint density at radius 3 is 1.65 bits per heavy atom. The molecule has 1 saturated carbocycles. The van der Waals surface area contributed by atoms with Gasteiger partial charge in [-0.25, -0.2) is 0 Å². The third-order valence-corrected chi connectivity index (χ3v) is 4.18. The largest absolute Gasteiger partial charge is 0.196 e. The molecule has 0 aliphatic heterocycles.